The Hall–Kier alpha value is -1.20. The lowest BCUT2D eigenvalue weighted by Crippen LogP contribution is -2.33. The van der Waals surface area contributed by atoms with E-state index in [1.165, 1.54) is 0 Å². The summed E-state index contributed by atoms with van der Waals surface area (Å²) in [5.74, 6) is 0. The van der Waals surface area contributed by atoms with Gasteiger partial charge >= 0.3 is 6.01 Å². The third-order valence-electron chi connectivity index (χ3n) is 2.73. The molecule has 1 heterocycles. The van der Waals surface area contributed by atoms with Crippen LogP contribution in [-0.2, 0) is 6.54 Å². The van der Waals surface area contributed by atoms with E-state index in [2.05, 4.69) is 28.7 Å². The van der Waals surface area contributed by atoms with Crippen LogP contribution < -0.4 is 4.74 Å². The molecule has 5 heteroatoms. The van der Waals surface area contributed by atoms with E-state index in [1.807, 2.05) is 6.92 Å². The second-order valence-electron chi connectivity index (χ2n) is 4.26. The third-order valence-corrected chi connectivity index (χ3v) is 2.73. The van der Waals surface area contributed by atoms with Crippen LogP contribution in [0.2, 0.25) is 0 Å². The van der Waals surface area contributed by atoms with Gasteiger partial charge in [0, 0.05) is 36.6 Å². The SMILES string of the molecule is COc1ncc(CN(CCO)C(C)C)c(C)n1. The highest BCUT2D eigenvalue weighted by molar-refractivity contribution is 5.17. The number of rotatable bonds is 6. The predicted octanol–water partition coefficient (Wildman–Crippen LogP) is 0.996. The Morgan fingerprint density at radius 1 is 1.47 bits per heavy atom. The van der Waals surface area contributed by atoms with Crippen molar-refractivity contribution in [3.05, 3.63) is 17.5 Å². The van der Waals surface area contributed by atoms with E-state index in [9.17, 15) is 0 Å². The van der Waals surface area contributed by atoms with Crippen LogP contribution in [0.4, 0.5) is 0 Å². The highest BCUT2D eigenvalue weighted by Gasteiger charge is 2.12. The molecule has 96 valence electrons. The van der Waals surface area contributed by atoms with Crippen molar-refractivity contribution in [1.82, 2.24) is 14.9 Å². The van der Waals surface area contributed by atoms with Crippen molar-refractivity contribution in [1.29, 1.82) is 0 Å². The van der Waals surface area contributed by atoms with Crippen molar-refractivity contribution >= 4 is 0 Å². The molecule has 0 radical (unpaired) electrons. The van der Waals surface area contributed by atoms with Gasteiger partial charge in [0.05, 0.1) is 13.7 Å². The summed E-state index contributed by atoms with van der Waals surface area (Å²) in [5.41, 5.74) is 1.98. The van der Waals surface area contributed by atoms with Gasteiger partial charge in [-0.3, -0.25) is 4.90 Å². The van der Waals surface area contributed by atoms with Gasteiger partial charge in [0.15, 0.2) is 0 Å². The molecule has 1 aromatic rings. The number of aliphatic hydroxyl groups is 1. The highest BCUT2D eigenvalue weighted by atomic mass is 16.5. The maximum absolute atomic E-state index is 9.02. The Labute approximate surface area is 102 Å². The number of aromatic nitrogens is 2. The zero-order valence-corrected chi connectivity index (χ0v) is 11.0. The predicted molar refractivity (Wildman–Crippen MR) is 66.0 cm³/mol. The molecule has 0 fully saturated rings. The van der Waals surface area contributed by atoms with Crippen molar-refractivity contribution in [3.63, 3.8) is 0 Å². The fourth-order valence-electron chi connectivity index (χ4n) is 1.59. The maximum atomic E-state index is 9.02. The topological polar surface area (TPSA) is 58.5 Å². The number of hydrogen-bond acceptors (Lipinski definition) is 5. The number of hydrogen-bond donors (Lipinski definition) is 1. The van der Waals surface area contributed by atoms with Gasteiger partial charge in [0.25, 0.3) is 0 Å². The molecule has 0 unspecified atom stereocenters. The summed E-state index contributed by atoms with van der Waals surface area (Å²) in [6, 6.07) is 0.771. The Morgan fingerprint density at radius 2 is 2.18 bits per heavy atom. The molecule has 0 aromatic carbocycles. The van der Waals surface area contributed by atoms with Gasteiger partial charge in [0.1, 0.15) is 0 Å². The minimum absolute atomic E-state index is 0.161. The van der Waals surface area contributed by atoms with E-state index in [0.29, 0.717) is 18.6 Å². The van der Waals surface area contributed by atoms with E-state index in [0.717, 1.165) is 17.8 Å². The summed E-state index contributed by atoms with van der Waals surface area (Å²) in [6.07, 6.45) is 1.79. The first-order valence-electron chi connectivity index (χ1n) is 5.80. The standard InChI is InChI=1S/C12H21N3O2/c1-9(2)15(5-6-16)8-11-7-13-12(17-4)14-10(11)3/h7,9,16H,5-6,8H2,1-4H3. The summed E-state index contributed by atoms with van der Waals surface area (Å²) in [6.45, 7) is 7.72. The molecule has 0 saturated carbocycles. The molecule has 0 aliphatic heterocycles. The lowest BCUT2D eigenvalue weighted by molar-refractivity contribution is 0.158. The molecule has 0 bridgehead atoms. The fraction of sp³-hybridized carbons (Fsp3) is 0.667. The molecule has 0 aliphatic carbocycles. The van der Waals surface area contributed by atoms with Crippen LogP contribution in [0.3, 0.4) is 0 Å². The third kappa shape index (κ3) is 3.94. The summed E-state index contributed by atoms with van der Waals surface area (Å²) in [7, 11) is 1.56. The van der Waals surface area contributed by atoms with Crippen LogP contribution in [0.15, 0.2) is 6.20 Å². The van der Waals surface area contributed by atoms with Crippen LogP contribution in [0.25, 0.3) is 0 Å². The second-order valence-corrected chi connectivity index (χ2v) is 4.26. The second kappa shape index (κ2) is 6.51. The largest absolute Gasteiger partial charge is 0.467 e. The van der Waals surface area contributed by atoms with Crippen LogP contribution >= 0.6 is 0 Å². The van der Waals surface area contributed by atoms with Crippen molar-refractivity contribution in [2.75, 3.05) is 20.3 Å². The summed E-state index contributed by atoms with van der Waals surface area (Å²) < 4.78 is 4.97. The molecule has 1 N–H and O–H groups in total. The first-order valence-corrected chi connectivity index (χ1v) is 5.80. The van der Waals surface area contributed by atoms with E-state index in [4.69, 9.17) is 9.84 Å². The monoisotopic (exact) mass is 239 g/mol. The minimum Gasteiger partial charge on any atom is -0.467 e. The molecule has 1 aromatic heterocycles. The molecule has 0 amide bonds. The molecule has 17 heavy (non-hydrogen) atoms. The van der Waals surface area contributed by atoms with Crippen molar-refractivity contribution in [2.45, 2.75) is 33.4 Å². The number of ether oxygens (including phenoxy) is 1. The Morgan fingerprint density at radius 3 is 2.65 bits per heavy atom. The lowest BCUT2D eigenvalue weighted by atomic mass is 10.2. The van der Waals surface area contributed by atoms with Crippen LogP contribution in [0, 0.1) is 6.92 Å². The highest BCUT2D eigenvalue weighted by Crippen LogP contribution is 2.12. The van der Waals surface area contributed by atoms with Gasteiger partial charge in [0.2, 0.25) is 0 Å². The molecule has 1 rings (SSSR count). The average Bonchev–Trinajstić information content (AvgIpc) is 2.30. The number of methoxy groups -OCH3 is 1. The van der Waals surface area contributed by atoms with E-state index < -0.39 is 0 Å². The van der Waals surface area contributed by atoms with Crippen LogP contribution in [0.5, 0.6) is 6.01 Å². The molecule has 0 spiro atoms. The Kier molecular flexibility index (Phi) is 5.31. The Balaban J connectivity index is 2.78. The van der Waals surface area contributed by atoms with Gasteiger partial charge in [-0.2, -0.15) is 0 Å². The van der Waals surface area contributed by atoms with Gasteiger partial charge in [-0.25, -0.2) is 9.97 Å². The van der Waals surface area contributed by atoms with E-state index in [1.54, 1.807) is 13.3 Å². The van der Waals surface area contributed by atoms with Gasteiger partial charge in [-0.15, -0.1) is 0 Å². The lowest BCUT2D eigenvalue weighted by Gasteiger charge is -2.25. The maximum Gasteiger partial charge on any atom is 0.316 e. The van der Waals surface area contributed by atoms with Gasteiger partial charge in [-0.05, 0) is 20.8 Å². The number of aliphatic hydroxyl groups excluding tert-OH is 1. The van der Waals surface area contributed by atoms with Crippen LogP contribution in [-0.4, -0.2) is 46.3 Å². The van der Waals surface area contributed by atoms with Gasteiger partial charge < -0.3 is 9.84 Å². The summed E-state index contributed by atoms with van der Waals surface area (Å²) >= 11 is 0. The van der Waals surface area contributed by atoms with E-state index in [-0.39, 0.29) is 6.61 Å². The first-order chi connectivity index (χ1) is 8.08. The fourth-order valence-corrected chi connectivity index (χ4v) is 1.59. The molecule has 0 aliphatic rings. The summed E-state index contributed by atoms with van der Waals surface area (Å²) in [4.78, 5) is 10.5. The number of aryl methyl sites for hydroxylation is 1. The van der Waals surface area contributed by atoms with Crippen molar-refractivity contribution in [3.8, 4) is 6.01 Å². The smallest absolute Gasteiger partial charge is 0.316 e. The molecular weight excluding hydrogens is 218 g/mol. The van der Waals surface area contributed by atoms with Crippen molar-refractivity contribution < 1.29 is 9.84 Å². The van der Waals surface area contributed by atoms with Crippen molar-refractivity contribution in [2.24, 2.45) is 0 Å². The quantitative estimate of drug-likeness (QED) is 0.802. The van der Waals surface area contributed by atoms with E-state index >= 15 is 0 Å². The molecular formula is C12H21N3O2. The molecule has 0 saturated heterocycles. The number of nitrogens with zero attached hydrogens (tertiary/aromatic N) is 3. The first kappa shape index (κ1) is 13.9. The normalized spacial score (nSPS) is 11.2. The zero-order chi connectivity index (χ0) is 12.8. The zero-order valence-electron chi connectivity index (χ0n) is 11.0. The molecule has 0 atom stereocenters. The Bertz CT molecular complexity index is 356. The summed E-state index contributed by atoms with van der Waals surface area (Å²) in [5, 5.41) is 9.02. The minimum atomic E-state index is 0.161. The average molecular weight is 239 g/mol. The van der Waals surface area contributed by atoms with Gasteiger partial charge in [-0.1, -0.05) is 0 Å². The molecule has 5 nitrogen and oxygen atoms in total. The van der Waals surface area contributed by atoms with Crippen LogP contribution in [0.1, 0.15) is 25.1 Å².